The van der Waals surface area contributed by atoms with Gasteiger partial charge in [0.25, 0.3) is 0 Å². The minimum atomic E-state index is 0.0870. The summed E-state index contributed by atoms with van der Waals surface area (Å²) in [5.41, 5.74) is 3.31. The minimum absolute atomic E-state index is 0.0870. The number of benzene rings is 1. The summed E-state index contributed by atoms with van der Waals surface area (Å²) in [5.74, 6) is 0. The Hall–Kier alpha value is -0.861. The predicted octanol–water partition coefficient (Wildman–Crippen LogP) is 2.61. The average molecular weight is 238 g/mol. The van der Waals surface area contributed by atoms with Gasteiger partial charge in [-0.3, -0.25) is 0 Å². The molecule has 1 aromatic rings. The van der Waals surface area contributed by atoms with Crippen LogP contribution in [0.15, 0.2) is 26.1 Å². The number of hydrogen-bond donors (Lipinski definition) is 1. The average Bonchev–Trinajstić information content (AvgIpc) is 2.83. The fourth-order valence-electron chi connectivity index (χ4n) is 1.37. The van der Waals surface area contributed by atoms with Crippen LogP contribution in [0.4, 0.5) is 17.1 Å². The van der Waals surface area contributed by atoms with E-state index in [4.69, 9.17) is 0 Å². The zero-order valence-electron chi connectivity index (χ0n) is 7.03. The molecule has 1 aromatic carbocycles. The Morgan fingerprint density at radius 2 is 2.23 bits per heavy atom. The summed E-state index contributed by atoms with van der Waals surface area (Å²) >= 11 is 0.0870. The predicted molar refractivity (Wildman–Crippen MR) is 53.0 cm³/mol. The van der Waals surface area contributed by atoms with Gasteiger partial charge in [0.15, 0.2) is 0 Å². The van der Waals surface area contributed by atoms with Crippen LogP contribution in [-0.2, 0) is 0 Å². The Balaban J connectivity index is 2.00. The molecule has 0 aromatic heterocycles. The SMILES string of the molecule is c1cc2c(c(NC3CC3)c1)N=[Se]=N2. The number of fused-ring (bicyclic) bond motifs is 1. The van der Waals surface area contributed by atoms with Crippen LogP contribution in [0.2, 0.25) is 0 Å². The molecule has 2 aliphatic rings. The molecule has 0 unspecified atom stereocenters. The van der Waals surface area contributed by atoms with E-state index in [9.17, 15) is 0 Å². The molecule has 3 rings (SSSR count). The zero-order valence-corrected chi connectivity index (χ0v) is 8.74. The van der Waals surface area contributed by atoms with Crippen molar-refractivity contribution in [2.24, 2.45) is 7.92 Å². The van der Waals surface area contributed by atoms with Crippen LogP contribution in [0.3, 0.4) is 0 Å². The second-order valence-corrected chi connectivity index (χ2v) is 4.46. The molecule has 1 aliphatic heterocycles. The molecule has 1 N–H and O–H groups in total. The van der Waals surface area contributed by atoms with Gasteiger partial charge in [-0.2, -0.15) is 0 Å². The molecule has 1 saturated carbocycles. The summed E-state index contributed by atoms with van der Waals surface area (Å²) in [6.45, 7) is 0. The van der Waals surface area contributed by atoms with Crippen molar-refractivity contribution in [3.05, 3.63) is 18.2 Å². The van der Waals surface area contributed by atoms with Crippen LogP contribution < -0.4 is 5.32 Å². The van der Waals surface area contributed by atoms with Crippen molar-refractivity contribution in [2.45, 2.75) is 18.9 Å². The normalized spacial score (nSPS) is 18.2. The van der Waals surface area contributed by atoms with E-state index in [-0.39, 0.29) is 14.6 Å². The number of nitrogens with one attached hydrogen (secondary N) is 1. The van der Waals surface area contributed by atoms with E-state index >= 15 is 0 Å². The molecule has 1 fully saturated rings. The molecule has 0 amide bonds. The van der Waals surface area contributed by atoms with Gasteiger partial charge < -0.3 is 0 Å². The van der Waals surface area contributed by atoms with E-state index in [2.05, 4.69) is 19.3 Å². The van der Waals surface area contributed by atoms with Crippen LogP contribution >= 0.6 is 0 Å². The van der Waals surface area contributed by atoms with Gasteiger partial charge in [0.2, 0.25) is 0 Å². The Bertz CT molecular complexity index is 417. The molecule has 0 bridgehead atoms. The zero-order chi connectivity index (χ0) is 8.67. The molecule has 0 saturated heterocycles. The third kappa shape index (κ3) is 1.36. The molecule has 4 heteroatoms. The van der Waals surface area contributed by atoms with Crippen LogP contribution in [0.5, 0.6) is 0 Å². The van der Waals surface area contributed by atoms with Gasteiger partial charge in [-0.1, -0.05) is 0 Å². The molecular weight excluding hydrogens is 229 g/mol. The molecule has 66 valence electrons. The van der Waals surface area contributed by atoms with E-state index in [1.165, 1.54) is 18.5 Å². The van der Waals surface area contributed by atoms with E-state index in [1.54, 1.807) is 0 Å². The summed E-state index contributed by atoms with van der Waals surface area (Å²) in [4.78, 5) is 0. The van der Waals surface area contributed by atoms with Gasteiger partial charge in [0.05, 0.1) is 0 Å². The maximum absolute atomic E-state index is 4.41. The molecule has 3 nitrogen and oxygen atoms in total. The molecule has 1 aliphatic carbocycles. The molecule has 0 spiro atoms. The number of nitrogens with zero attached hydrogens (tertiary/aromatic N) is 2. The monoisotopic (exact) mass is 239 g/mol. The first-order valence-corrected chi connectivity index (χ1v) is 5.94. The van der Waals surface area contributed by atoms with Crippen LogP contribution in [0.1, 0.15) is 12.8 Å². The summed E-state index contributed by atoms with van der Waals surface area (Å²) in [6, 6.07) is 6.86. The topological polar surface area (TPSA) is 36.8 Å². The van der Waals surface area contributed by atoms with E-state index in [0.717, 1.165) is 11.4 Å². The fraction of sp³-hybridized carbons (Fsp3) is 0.333. The first-order chi connectivity index (χ1) is 6.43. The van der Waals surface area contributed by atoms with Gasteiger partial charge >= 0.3 is 82.0 Å². The van der Waals surface area contributed by atoms with Crippen molar-refractivity contribution in [2.75, 3.05) is 5.32 Å². The van der Waals surface area contributed by atoms with Gasteiger partial charge in [-0.15, -0.1) is 0 Å². The summed E-state index contributed by atoms with van der Waals surface area (Å²) < 4.78 is 8.76. The quantitative estimate of drug-likeness (QED) is 0.802. The summed E-state index contributed by atoms with van der Waals surface area (Å²) in [6.07, 6.45) is 2.60. The van der Waals surface area contributed by atoms with Crippen LogP contribution in [-0.4, -0.2) is 20.6 Å². The van der Waals surface area contributed by atoms with Crippen molar-refractivity contribution in [3.63, 3.8) is 0 Å². The number of rotatable bonds is 2. The number of hydrogen-bond acceptors (Lipinski definition) is 3. The van der Waals surface area contributed by atoms with Crippen LogP contribution in [0.25, 0.3) is 0 Å². The molecule has 13 heavy (non-hydrogen) atoms. The maximum atomic E-state index is 4.41. The molecule has 0 atom stereocenters. The van der Waals surface area contributed by atoms with E-state index in [0.29, 0.717) is 6.04 Å². The second-order valence-electron chi connectivity index (χ2n) is 3.36. The molecule has 0 radical (unpaired) electrons. The Kier molecular flexibility index (Phi) is 1.64. The van der Waals surface area contributed by atoms with Crippen molar-refractivity contribution in [1.82, 2.24) is 0 Å². The van der Waals surface area contributed by atoms with Crippen molar-refractivity contribution < 1.29 is 0 Å². The first-order valence-electron chi connectivity index (χ1n) is 4.41. The standard InChI is InChI=1S/C9H9N3Se/c1-2-7(10-6-4-5-6)9-8(3-1)11-13-12-9/h1-3,6,10H,4-5H2. The van der Waals surface area contributed by atoms with Crippen molar-refractivity contribution >= 4 is 31.6 Å². The third-order valence-corrected chi connectivity index (χ3v) is 3.36. The van der Waals surface area contributed by atoms with Gasteiger partial charge in [0.1, 0.15) is 0 Å². The summed E-state index contributed by atoms with van der Waals surface area (Å²) in [7, 11) is 0. The summed E-state index contributed by atoms with van der Waals surface area (Å²) in [5, 5.41) is 3.47. The van der Waals surface area contributed by atoms with Crippen molar-refractivity contribution in [3.8, 4) is 0 Å². The molecule has 1 heterocycles. The van der Waals surface area contributed by atoms with Gasteiger partial charge in [0, 0.05) is 0 Å². The van der Waals surface area contributed by atoms with Crippen molar-refractivity contribution in [1.29, 1.82) is 0 Å². The molecular formula is C9H9N3Se. The van der Waals surface area contributed by atoms with Crippen LogP contribution in [0, 0.1) is 0 Å². The number of anilines is 1. The Morgan fingerprint density at radius 3 is 3.08 bits per heavy atom. The first kappa shape index (κ1) is 7.53. The third-order valence-electron chi connectivity index (χ3n) is 2.22. The Morgan fingerprint density at radius 1 is 1.31 bits per heavy atom. The van der Waals surface area contributed by atoms with Gasteiger partial charge in [-0.25, -0.2) is 0 Å². The van der Waals surface area contributed by atoms with Gasteiger partial charge in [-0.05, 0) is 0 Å². The fourth-order valence-corrected chi connectivity index (χ4v) is 2.52. The Labute approximate surface area is 82.3 Å². The van der Waals surface area contributed by atoms with E-state index < -0.39 is 0 Å². The second kappa shape index (κ2) is 2.82. The van der Waals surface area contributed by atoms with E-state index in [1.807, 2.05) is 12.1 Å².